The number of fused-ring (bicyclic) bond motifs is 5. The van der Waals surface area contributed by atoms with Crippen LogP contribution in [0.4, 0.5) is 0 Å². The number of hydrogen-bond donors (Lipinski definition) is 2. The highest BCUT2D eigenvalue weighted by molar-refractivity contribution is 4.84. The van der Waals surface area contributed by atoms with E-state index in [1.54, 1.807) is 0 Å². The molecule has 0 amide bonds. The quantitative estimate of drug-likeness (QED) is 0.487. The van der Waals surface area contributed by atoms with E-state index in [9.17, 15) is 0 Å². The largest absolute Gasteiger partial charge is 0.271 e. The van der Waals surface area contributed by atoms with E-state index in [1.807, 2.05) is 0 Å². The lowest BCUT2D eigenvalue weighted by atomic mass is 10.3. The van der Waals surface area contributed by atoms with Crippen LogP contribution in [0.3, 0.4) is 0 Å². The highest BCUT2D eigenvalue weighted by Crippen LogP contribution is 2.35. The number of nitrogens with one attached hydrogen (secondary N) is 2. The van der Waals surface area contributed by atoms with Crippen LogP contribution in [-0.4, -0.2) is 14.8 Å². The van der Waals surface area contributed by atoms with Gasteiger partial charge in [-0.25, -0.2) is 5.21 Å². The van der Waals surface area contributed by atoms with E-state index in [4.69, 9.17) is 0 Å². The summed E-state index contributed by atoms with van der Waals surface area (Å²) in [5.74, 6) is 0. The van der Waals surface area contributed by atoms with Gasteiger partial charge in [-0.1, -0.05) is 0 Å². The standard InChI is InChI=1S/C4H8N4/c1-2-4-5-3(1)7-6-8(4)7/h3-6H,1-2H2. The molecule has 44 valence electrons. The summed E-state index contributed by atoms with van der Waals surface area (Å²) in [6.45, 7) is 0. The molecule has 4 heteroatoms. The van der Waals surface area contributed by atoms with E-state index in [0.717, 1.165) is 0 Å². The second-order valence-corrected chi connectivity index (χ2v) is 2.56. The fraction of sp³-hybridized carbons (Fsp3) is 1.00. The molecule has 3 rings (SSSR count). The molecule has 0 aromatic carbocycles. The van der Waals surface area contributed by atoms with Gasteiger partial charge in [-0.15, -0.1) is 0 Å². The Hall–Kier alpha value is -0.640. The molecule has 0 radical (unpaired) electrons. The molecule has 2 aliphatic heterocycles. The van der Waals surface area contributed by atoms with Crippen molar-refractivity contribution >= 4 is 0 Å². The first-order chi connectivity index (χ1) is 3.95. The van der Waals surface area contributed by atoms with E-state index >= 15 is 0 Å². The molecule has 1 fully saturated rings. The van der Waals surface area contributed by atoms with Crippen LogP contribution >= 0.6 is 0 Å². The minimum atomic E-state index is 0.611. The Morgan fingerprint density at radius 1 is 1.12 bits per heavy atom. The lowest BCUT2D eigenvalue weighted by Crippen LogP contribution is -2.13. The van der Waals surface area contributed by atoms with Crippen LogP contribution < -0.4 is 5.32 Å². The van der Waals surface area contributed by atoms with Crippen molar-refractivity contribution in [3.05, 3.63) is 0 Å². The minimum Gasteiger partial charge on any atom is -0.271 e. The topological polar surface area (TPSA) is 37.7 Å². The molecule has 2 atom stereocenters. The van der Waals surface area contributed by atoms with Gasteiger partial charge in [-0.3, -0.25) is 5.32 Å². The van der Waals surface area contributed by atoms with Gasteiger partial charge in [0.1, 0.15) is 12.3 Å². The van der Waals surface area contributed by atoms with Crippen molar-refractivity contribution in [2.75, 3.05) is 0 Å². The highest BCUT2D eigenvalue weighted by Gasteiger charge is 2.40. The monoisotopic (exact) mass is 112 g/mol. The summed E-state index contributed by atoms with van der Waals surface area (Å²) in [5, 5.41) is 6.55. The number of H-pyrrole nitrogens is 1. The zero-order valence-corrected chi connectivity index (χ0v) is 4.46. The normalized spacial score (nSPS) is 41.5. The number of nitrogens with zero attached hydrogens (tertiary/aromatic N) is 2. The third-order valence-electron chi connectivity index (χ3n) is 2.09. The zero-order chi connectivity index (χ0) is 5.14. The zero-order valence-electron chi connectivity index (χ0n) is 4.46. The van der Waals surface area contributed by atoms with Crippen molar-refractivity contribution in [3.63, 3.8) is 0 Å². The van der Waals surface area contributed by atoms with Gasteiger partial charge in [0.25, 0.3) is 0 Å². The molecular weight excluding hydrogens is 104 g/mol. The van der Waals surface area contributed by atoms with Crippen molar-refractivity contribution in [2.24, 2.45) is 0 Å². The van der Waals surface area contributed by atoms with Gasteiger partial charge in [0.2, 0.25) is 0 Å². The van der Waals surface area contributed by atoms with Gasteiger partial charge in [0.15, 0.2) is 0 Å². The van der Waals surface area contributed by atoms with Gasteiger partial charge in [-0.05, 0) is 12.8 Å². The molecule has 2 bridgehead atoms. The Morgan fingerprint density at radius 2 is 1.75 bits per heavy atom. The maximum absolute atomic E-state index is 3.42. The van der Waals surface area contributed by atoms with E-state index < -0.39 is 0 Å². The Labute approximate surface area is 46.4 Å². The van der Waals surface area contributed by atoms with Crippen LogP contribution in [0.15, 0.2) is 0 Å². The third-order valence-corrected chi connectivity index (χ3v) is 2.09. The van der Waals surface area contributed by atoms with Crippen LogP contribution in [0.2, 0.25) is 0 Å². The summed E-state index contributed by atoms with van der Waals surface area (Å²) in [5.41, 5.74) is 0. The summed E-state index contributed by atoms with van der Waals surface area (Å²) in [7, 11) is 0. The lowest BCUT2D eigenvalue weighted by molar-refractivity contribution is 0.487. The Balaban J connectivity index is 2.19. The summed E-state index contributed by atoms with van der Waals surface area (Å²) in [4.78, 5) is 4.29. The molecule has 2 unspecified atom stereocenters. The van der Waals surface area contributed by atoms with Crippen molar-refractivity contribution in [3.8, 4) is 0 Å². The van der Waals surface area contributed by atoms with Crippen molar-refractivity contribution in [2.45, 2.75) is 25.2 Å². The average molecular weight is 112 g/mol. The first-order valence-corrected chi connectivity index (χ1v) is 3.06. The van der Waals surface area contributed by atoms with Crippen LogP contribution in [0.25, 0.3) is 0 Å². The number of hydrogen-bond acceptors (Lipinski definition) is 1. The van der Waals surface area contributed by atoms with Crippen LogP contribution in [0.5, 0.6) is 0 Å². The SMILES string of the molecule is C1CC2NC1n1[nH]n12. The molecule has 1 saturated heterocycles. The van der Waals surface area contributed by atoms with E-state index in [-0.39, 0.29) is 0 Å². The van der Waals surface area contributed by atoms with Gasteiger partial charge >= 0.3 is 0 Å². The second kappa shape index (κ2) is 0.774. The lowest BCUT2D eigenvalue weighted by Gasteiger charge is -1.96. The Bertz CT molecular complexity index is 186. The third kappa shape index (κ3) is 0.204. The van der Waals surface area contributed by atoms with Gasteiger partial charge < -0.3 is 0 Å². The van der Waals surface area contributed by atoms with Gasteiger partial charge in [0, 0.05) is 0 Å². The molecule has 0 saturated carbocycles. The summed E-state index contributed by atoms with van der Waals surface area (Å²) >= 11 is 0. The molecule has 3 heterocycles. The molecule has 4 nitrogen and oxygen atoms in total. The molecule has 0 spiro atoms. The van der Waals surface area contributed by atoms with E-state index in [2.05, 4.69) is 20.1 Å². The molecule has 8 heavy (non-hydrogen) atoms. The predicted molar refractivity (Wildman–Crippen MR) is 27.2 cm³/mol. The summed E-state index contributed by atoms with van der Waals surface area (Å²) < 4.78 is 0. The van der Waals surface area contributed by atoms with Crippen LogP contribution in [0.1, 0.15) is 25.2 Å². The van der Waals surface area contributed by atoms with Crippen molar-refractivity contribution in [1.29, 1.82) is 0 Å². The van der Waals surface area contributed by atoms with Crippen LogP contribution in [-0.2, 0) is 0 Å². The van der Waals surface area contributed by atoms with Crippen LogP contribution in [0, 0.1) is 0 Å². The predicted octanol–water partition coefficient (Wildman–Crippen LogP) is 0.0119. The molecule has 2 aliphatic rings. The average Bonchev–Trinajstić information content (AvgIpc) is 2.39. The first kappa shape index (κ1) is 3.40. The molecular formula is C4H8N4. The number of rotatable bonds is 0. The molecule has 0 aliphatic carbocycles. The first-order valence-electron chi connectivity index (χ1n) is 3.06. The van der Waals surface area contributed by atoms with Gasteiger partial charge in [-0.2, -0.15) is 9.59 Å². The molecule has 1 aromatic rings. The Kier molecular flexibility index (Phi) is 0.329. The Morgan fingerprint density at radius 3 is 2.12 bits per heavy atom. The van der Waals surface area contributed by atoms with Crippen molar-refractivity contribution < 1.29 is 0 Å². The smallest absolute Gasteiger partial charge is 0.122 e. The summed E-state index contributed by atoms with van der Waals surface area (Å²) in [6, 6.07) is 0. The maximum atomic E-state index is 3.42. The minimum absolute atomic E-state index is 0.611. The fourth-order valence-corrected chi connectivity index (χ4v) is 1.61. The highest BCUT2D eigenvalue weighted by atomic mass is 15.9. The maximum Gasteiger partial charge on any atom is 0.122 e. The summed E-state index contributed by atoms with van der Waals surface area (Å²) in [6.07, 6.45) is 3.82. The van der Waals surface area contributed by atoms with E-state index in [0.29, 0.717) is 12.3 Å². The van der Waals surface area contributed by atoms with E-state index in [1.165, 1.54) is 12.8 Å². The number of aromatic amines is 1. The van der Waals surface area contributed by atoms with Crippen molar-refractivity contribution in [1.82, 2.24) is 20.1 Å². The second-order valence-electron chi connectivity index (χ2n) is 2.56. The molecule has 1 aromatic heterocycles. The molecule has 2 N–H and O–H groups in total. The fourth-order valence-electron chi connectivity index (χ4n) is 1.61. The van der Waals surface area contributed by atoms with Gasteiger partial charge in [0.05, 0.1) is 0 Å². The number of aromatic nitrogens is 3.